The van der Waals surface area contributed by atoms with Crippen molar-refractivity contribution in [2.24, 2.45) is 10.8 Å². The molecule has 1 aliphatic carbocycles. The maximum Gasteiger partial charge on any atom is 0.143 e. The molecule has 0 aromatic heterocycles. The van der Waals surface area contributed by atoms with E-state index in [9.17, 15) is 0 Å². The SMILES string of the molecule is CCC(C)(OC)C(=NC1CCCC1)NN. The molecule has 0 aromatic rings. The molecule has 0 aromatic carbocycles. The van der Waals surface area contributed by atoms with Gasteiger partial charge in [0.2, 0.25) is 0 Å². The van der Waals surface area contributed by atoms with E-state index in [4.69, 9.17) is 10.6 Å². The number of nitrogens with one attached hydrogen (secondary N) is 1. The van der Waals surface area contributed by atoms with Crippen molar-refractivity contribution < 1.29 is 4.74 Å². The Balaban J connectivity index is 2.75. The number of aliphatic imine (C=N–C) groups is 1. The van der Waals surface area contributed by atoms with Gasteiger partial charge in [-0.3, -0.25) is 4.99 Å². The van der Waals surface area contributed by atoms with E-state index in [2.05, 4.69) is 17.3 Å². The van der Waals surface area contributed by atoms with Crippen LogP contribution in [-0.2, 0) is 4.74 Å². The molecule has 88 valence electrons. The van der Waals surface area contributed by atoms with Crippen LogP contribution < -0.4 is 11.3 Å². The maximum atomic E-state index is 5.53. The first-order chi connectivity index (χ1) is 7.16. The van der Waals surface area contributed by atoms with Gasteiger partial charge in [-0.1, -0.05) is 19.8 Å². The summed E-state index contributed by atoms with van der Waals surface area (Å²) >= 11 is 0. The van der Waals surface area contributed by atoms with E-state index in [1.807, 2.05) is 6.92 Å². The number of ether oxygens (including phenoxy) is 1. The lowest BCUT2D eigenvalue weighted by Gasteiger charge is -2.28. The zero-order valence-electron chi connectivity index (χ0n) is 10.0. The smallest absolute Gasteiger partial charge is 0.143 e. The number of nitrogens with zero attached hydrogens (tertiary/aromatic N) is 1. The van der Waals surface area contributed by atoms with Crippen LogP contribution in [0.1, 0.15) is 46.0 Å². The molecular formula is C11H23N3O. The maximum absolute atomic E-state index is 5.53. The quantitative estimate of drug-likeness (QED) is 0.323. The number of rotatable bonds is 4. The largest absolute Gasteiger partial charge is 0.371 e. The minimum atomic E-state index is -0.378. The molecule has 1 rings (SSSR count). The van der Waals surface area contributed by atoms with Gasteiger partial charge in [0.15, 0.2) is 0 Å². The van der Waals surface area contributed by atoms with Gasteiger partial charge in [-0.25, -0.2) is 5.84 Å². The first-order valence-electron chi connectivity index (χ1n) is 5.76. The highest BCUT2D eigenvalue weighted by Crippen LogP contribution is 2.23. The fraction of sp³-hybridized carbons (Fsp3) is 0.909. The Morgan fingerprint density at radius 1 is 1.53 bits per heavy atom. The van der Waals surface area contributed by atoms with Gasteiger partial charge in [-0.05, 0) is 26.2 Å². The van der Waals surface area contributed by atoms with E-state index in [1.54, 1.807) is 7.11 Å². The highest BCUT2D eigenvalue weighted by molar-refractivity contribution is 5.89. The lowest BCUT2D eigenvalue weighted by atomic mass is 10.0. The van der Waals surface area contributed by atoms with Crippen LogP contribution in [0.4, 0.5) is 0 Å². The third kappa shape index (κ3) is 2.92. The van der Waals surface area contributed by atoms with Crippen LogP contribution in [0.25, 0.3) is 0 Å². The summed E-state index contributed by atoms with van der Waals surface area (Å²) in [5.74, 6) is 6.30. The van der Waals surface area contributed by atoms with Crippen molar-refractivity contribution in [1.82, 2.24) is 5.43 Å². The second-order valence-electron chi connectivity index (χ2n) is 4.35. The van der Waals surface area contributed by atoms with Gasteiger partial charge in [0.05, 0.1) is 6.04 Å². The number of amidine groups is 1. The number of hydrazine groups is 1. The summed E-state index contributed by atoms with van der Waals surface area (Å²) in [5, 5.41) is 0. The van der Waals surface area contributed by atoms with Crippen molar-refractivity contribution in [2.45, 2.75) is 57.6 Å². The standard InChI is InChI=1S/C11H23N3O/c1-4-11(2,15-3)10(14-12)13-9-7-5-6-8-9/h9H,4-8,12H2,1-3H3,(H,13,14). The topological polar surface area (TPSA) is 59.6 Å². The van der Waals surface area contributed by atoms with Crippen molar-refractivity contribution >= 4 is 5.84 Å². The van der Waals surface area contributed by atoms with Crippen LogP contribution in [0.5, 0.6) is 0 Å². The Labute approximate surface area is 92.3 Å². The molecule has 0 radical (unpaired) electrons. The van der Waals surface area contributed by atoms with E-state index in [0.29, 0.717) is 6.04 Å². The van der Waals surface area contributed by atoms with Crippen molar-refractivity contribution in [3.8, 4) is 0 Å². The van der Waals surface area contributed by atoms with Gasteiger partial charge >= 0.3 is 0 Å². The molecule has 3 N–H and O–H groups in total. The van der Waals surface area contributed by atoms with E-state index in [0.717, 1.165) is 12.3 Å². The average Bonchev–Trinajstić information content (AvgIpc) is 2.77. The number of hydrogen-bond acceptors (Lipinski definition) is 3. The highest BCUT2D eigenvalue weighted by atomic mass is 16.5. The van der Waals surface area contributed by atoms with Crippen LogP contribution in [0.2, 0.25) is 0 Å². The molecule has 0 bridgehead atoms. The molecule has 0 saturated heterocycles. The highest BCUT2D eigenvalue weighted by Gasteiger charge is 2.29. The molecule has 1 saturated carbocycles. The molecule has 1 aliphatic rings. The van der Waals surface area contributed by atoms with Gasteiger partial charge < -0.3 is 10.2 Å². The zero-order chi connectivity index (χ0) is 11.3. The van der Waals surface area contributed by atoms with Gasteiger partial charge in [-0.15, -0.1) is 0 Å². The predicted molar refractivity (Wildman–Crippen MR) is 62.7 cm³/mol. The van der Waals surface area contributed by atoms with Crippen LogP contribution >= 0.6 is 0 Å². The second-order valence-corrected chi connectivity index (χ2v) is 4.35. The summed E-state index contributed by atoms with van der Waals surface area (Å²) in [6.07, 6.45) is 5.77. The molecule has 1 unspecified atom stereocenters. The summed E-state index contributed by atoms with van der Waals surface area (Å²) in [4.78, 5) is 4.66. The van der Waals surface area contributed by atoms with Crippen LogP contribution in [-0.4, -0.2) is 24.6 Å². The van der Waals surface area contributed by atoms with Crippen LogP contribution in [0.3, 0.4) is 0 Å². The predicted octanol–water partition coefficient (Wildman–Crippen LogP) is 1.61. The molecule has 15 heavy (non-hydrogen) atoms. The van der Waals surface area contributed by atoms with E-state index < -0.39 is 0 Å². The summed E-state index contributed by atoms with van der Waals surface area (Å²) in [6, 6.07) is 0.428. The molecule has 4 heteroatoms. The molecule has 4 nitrogen and oxygen atoms in total. The molecule has 1 fully saturated rings. The van der Waals surface area contributed by atoms with Crippen molar-refractivity contribution in [1.29, 1.82) is 0 Å². The first-order valence-corrected chi connectivity index (χ1v) is 5.76. The van der Waals surface area contributed by atoms with E-state index in [1.165, 1.54) is 25.7 Å². The normalized spacial score (nSPS) is 22.8. The molecule has 0 aliphatic heterocycles. The monoisotopic (exact) mass is 213 g/mol. The Bertz CT molecular complexity index is 218. The molecule has 1 atom stereocenters. The summed E-state index contributed by atoms with van der Waals surface area (Å²) in [7, 11) is 1.70. The van der Waals surface area contributed by atoms with Crippen molar-refractivity contribution in [3.05, 3.63) is 0 Å². The summed E-state index contributed by atoms with van der Waals surface area (Å²) in [5.41, 5.74) is 2.32. The van der Waals surface area contributed by atoms with Gasteiger partial charge in [0.1, 0.15) is 11.4 Å². The Kier molecular flexibility index (Phi) is 4.54. The lowest BCUT2D eigenvalue weighted by molar-refractivity contribution is 0.0595. The van der Waals surface area contributed by atoms with Gasteiger partial charge in [0, 0.05) is 7.11 Å². The number of nitrogens with two attached hydrogens (primary N) is 1. The molecule has 0 spiro atoms. The number of hydrogen-bond donors (Lipinski definition) is 2. The fourth-order valence-corrected chi connectivity index (χ4v) is 1.95. The summed E-state index contributed by atoms with van der Waals surface area (Å²) in [6.45, 7) is 4.09. The summed E-state index contributed by atoms with van der Waals surface area (Å²) < 4.78 is 5.48. The second kappa shape index (κ2) is 5.47. The molecule has 0 heterocycles. The minimum Gasteiger partial charge on any atom is -0.371 e. The van der Waals surface area contributed by atoms with Gasteiger partial charge in [0.25, 0.3) is 0 Å². The number of methoxy groups -OCH3 is 1. The van der Waals surface area contributed by atoms with Gasteiger partial charge in [-0.2, -0.15) is 0 Å². The Morgan fingerprint density at radius 3 is 2.53 bits per heavy atom. The third-order valence-electron chi connectivity index (χ3n) is 3.40. The third-order valence-corrected chi connectivity index (χ3v) is 3.40. The lowest BCUT2D eigenvalue weighted by Crippen LogP contribution is -2.49. The van der Waals surface area contributed by atoms with E-state index >= 15 is 0 Å². The van der Waals surface area contributed by atoms with E-state index in [-0.39, 0.29) is 5.60 Å². The molecule has 0 amide bonds. The minimum absolute atomic E-state index is 0.378. The Morgan fingerprint density at radius 2 is 2.13 bits per heavy atom. The first kappa shape index (κ1) is 12.5. The fourth-order valence-electron chi connectivity index (χ4n) is 1.95. The molecular weight excluding hydrogens is 190 g/mol. The van der Waals surface area contributed by atoms with Crippen LogP contribution in [0, 0.1) is 0 Å². The van der Waals surface area contributed by atoms with Crippen molar-refractivity contribution in [3.63, 3.8) is 0 Å². The average molecular weight is 213 g/mol. The zero-order valence-corrected chi connectivity index (χ0v) is 10.0. The van der Waals surface area contributed by atoms with Crippen LogP contribution in [0.15, 0.2) is 4.99 Å². The Hall–Kier alpha value is -0.610. The van der Waals surface area contributed by atoms with Crippen molar-refractivity contribution in [2.75, 3.05) is 7.11 Å².